The van der Waals surface area contributed by atoms with Crippen LogP contribution in [0.5, 0.6) is 0 Å². The topological polar surface area (TPSA) is 58.2 Å². The molecule has 1 saturated carbocycles. The van der Waals surface area contributed by atoms with E-state index in [9.17, 15) is 8.42 Å². The molecule has 0 radical (unpaired) electrons. The molecule has 6 heteroatoms. The molecule has 0 saturated heterocycles. The zero-order valence-corrected chi connectivity index (χ0v) is 14.7. The minimum absolute atomic E-state index is 0.103. The van der Waals surface area contributed by atoms with Crippen LogP contribution in [0.4, 0.5) is 0 Å². The highest BCUT2D eigenvalue weighted by atomic mass is 32.2. The predicted octanol–water partition coefficient (Wildman–Crippen LogP) is 3.02. The summed E-state index contributed by atoms with van der Waals surface area (Å²) in [6, 6.07) is 1.90. The first-order valence-corrected chi connectivity index (χ1v) is 10.0. The van der Waals surface area contributed by atoms with Gasteiger partial charge in [0.1, 0.15) is 4.21 Å². The highest BCUT2D eigenvalue weighted by Gasteiger charge is 2.25. The van der Waals surface area contributed by atoms with Gasteiger partial charge in [-0.15, -0.1) is 11.3 Å². The Kier molecular flexibility index (Phi) is 5.82. The van der Waals surface area contributed by atoms with Gasteiger partial charge in [-0.1, -0.05) is 13.8 Å². The van der Waals surface area contributed by atoms with E-state index < -0.39 is 10.0 Å². The highest BCUT2D eigenvalue weighted by Crippen LogP contribution is 2.28. The van der Waals surface area contributed by atoms with Crippen LogP contribution in [-0.2, 0) is 16.6 Å². The maximum Gasteiger partial charge on any atom is 0.250 e. The largest absolute Gasteiger partial charge is 0.312 e. The van der Waals surface area contributed by atoms with Crippen LogP contribution in [-0.4, -0.2) is 21.0 Å². The van der Waals surface area contributed by atoms with Gasteiger partial charge < -0.3 is 5.32 Å². The molecule has 0 aromatic carbocycles. The van der Waals surface area contributed by atoms with E-state index in [0.29, 0.717) is 4.21 Å². The van der Waals surface area contributed by atoms with E-state index in [4.69, 9.17) is 0 Å². The molecule has 1 aliphatic carbocycles. The van der Waals surface area contributed by atoms with E-state index in [2.05, 4.69) is 17.0 Å². The summed E-state index contributed by atoms with van der Waals surface area (Å²) in [6.45, 7) is 7.89. The summed E-state index contributed by atoms with van der Waals surface area (Å²) in [6.07, 6.45) is 4.13. The molecule has 1 aromatic rings. The summed E-state index contributed by atoms with van der Waals surface area (Å²) in [5, 5.41) is 3.25. The molecule has 1 fully saturated rings. The molecule has 1 aliphatic rings. The van der Waals surface area contributed by atoms with Crippen LogP contribution < -0.4 is 10.0 Å². The Morgan fingerprint density at radius 3 is 2.57 bits per heavy atom. The van der Waals surface area contributed by atoms with Crippen LogP contribution in [0.3, 0.4) is 0 Å². The molecular weight excluding hydrogens is 304 g/mol. The van der Waals surface area contributed by atoms with E-state index in [1.807, 2.05) is 13.8 Å². The lowest BCUT2D eigenvalue weighted by Gasteiger charge is -2.26. The summed E-state index contributed by atoms with van der Waals surface area (Å²) in [4.78, 5) is 1.11. The summed E-state index contributed by atoms with van der Waals surface area (Å²) in [7, 11) is -3.36. The number of hydrogen-bond donors (Lipinski definition) is 2. The fraction of sp³-hybridized carbons (Fsp3) is 0.733. The van der Waals surface area contributed by atoms with Crippen LogP contribution in [0.25, 0.3) is 0 Å². The number of nitrogens with one attached hydrogen (secondary N) is 2. The quantitative estimate of drug-likeness (QED) is 0.843. The van der Waals surface area contributed by atoms with E-state index >= 15 is 0 Å². The fourth-order valence-electron chi connectivity index (χ4n) is 2.69. The average molecular weight is 331 g/mol. The molecule has 120 valence electrons. The zero-order valence-electron chi connectivity index (χ0n) is 13.1. The number of hydrogen-bond acceptors (Lipinski definition) is 4. The summed E-state index contributed by atoms with van der Waals surface area (Å²) >= 11 is 1.38. The van der Waals surface area contributed by atoms with Crippen molar-refractivity contribution in [3.63, 3.8) is 0 Å². The van der Waals surface area contributed by atoms with Crippen molar-refractivity contribution >= 4 is 21.4 Å². The molecule has 1 aromatic heterocycles. The Morgan fingerprint density at radius 1 is 1.29 bits per heavy atom. The second kappa shape index (κ2) is 7.22. The van der Waals surface area contributed by atoms with Crippen LogP contribution in [0.1, 0.15) is 50.0 Å². The van der Waals surface area contributed by atoms with Gasteiger partial charge >= 0.3 is 0 Å². The van der Waals surface area contributed by atoms with Gasteiger partial charge in [-0.3, -0.25) is 0 Å². The molecule has 0 atom stereocenters. The molecule has 2 rings (SSSR count). The third-order valence-corrected chi connectivity index (χ3v) is 7.37. The Balaban J connectivity index is 2.05. The van der Waals surface area contributed by atoms with Crippen molar-refractivity contribution in [1.29, 1.82) is 0 Å². The van der Waals surface area contributed by atoms with Crippen LogP contribution >= 0.6 is 11.3 Å². The standard InChI is InChI=1S/C15H26N2O2S2/c1-4-16-10-14-12(3)9-15(20-14)21(18,19)17-13-7-5-11(2)6-8-13/h9,11,13,16-17H,4-8,10H2,1-3H3. The van der Waals surface area contributed by atoms with Crippen molar-refractivity contribution in [2.24, 2.45) is 5.92 Å². The van der Waals surface area contributed by atoms with Crippen molar-refractivity contribution in [3.8, 4) is 0 Å². The van der Waals surface area contributed by atoms with Crippen molar-refractivity contribution in [1.82, 2.24) is 10.0 Å². The Labute approximate surface area is 132 Å². The fourth-order valence-corrected chi connectivity index (χ4v) is 5.57. The molecule has 21 heavy (non-hydrogen) atoms. The van der Waals surface area contributed by atoms with Crippen molar-refractivity contribution in [3.05, 3.63) is 16.5 Å². The smallest absolute Gasteiger partial charge is 0.250 e. The van der Waals surface area contributed by atoms with Gasteiger partial charge in [-0.25, -0.2) is 13.1 Å². The second-order valence-corrected chi connectivity index (χ2v) is 9.11. The third kappa shape index (κ3) is 4.52. The first-order valence-electron chi connectivity index (χ1n) is 7.74. The second-order valence-electron chi connectivity index (χ2n) is 6.03. The molecule has 0 bridgehead atoms. The lowest BCUT2D eigenvalue weighted by atomic mass is 9.88. The maximum absolute atomic E-state index is 12.5. The van der Waals surface area contributed by atoms with E-state index in [-0.39, 0.29) is 6.04 Å². The van der Waals surface area contributed by atoms with E-state index in [1.54, 1.807) is 6.07 Å². The Morgan fingerprint density at radius 2 is 1.95 bits per heavy atom. The third-order valence-electron chi connectivity index (χ3n) is 4.14. The maximum atomic E-state index is 12.5. The van der Waals surface area contributed by atoms with Crippen molar-refractivity contribution < 1.29 is 8.42 Å². The molecule has 0 unspecified atom stereocenters. The normalized spacial score (nSPS) is 23.4. The first kappa shape index (κ1) is 16.9. The van der Waals surface area contributed by atoms with Gasteiger partial charge in [0.2, 0.25) is 10.0 Å². The number of rotatable bonds is 6. The molecule has 0 amide bonds. The number of sulfonamides is 1. The van der Waals surface area contributed by atoms with Gasteiger partial charge in [0.25, 0.3) is 0 Å². The summed E-state index contributed by atoms with van der Waals surface area (Å²) in [5.41, 5.74) is 1.05. The van der Waals surface area contributed by atoms with Gasteiger partial charge in [-0.2, -0.15) is 0 Å². The molecule has 2 N–H and O–H groups in total. The SMILES string of the molecule is CCNCc1sc(S(=O)(=O)NC2CCC(C)CC2)cc1C. The van der Waals surface area contributed by atoms with Crippen molar-refractivity contribution in [2.45, 2.75) is 63.3 Å². The minimum atomic E-state index is -3.36. The molecule has 0 spiro atoms. The molecule has 1 heterocycles. The number of thiophene rings is 1. The lowest BCUT2D eigenvalue weighted by Crippen LogP contribution is -2.36. The average Bonchev–Trinajstić information content (AvgIpc) is 2.81. The molecule has 0 aliphatic heterocycles. The predicted molar refractivity (Wildman–Crippen MR) is 88.2 cm³/mol. The highest BCUT2D eigenvalue weighted by molar-refractivity contribution is 7.91. The van der Waals surface area contributed by atoms with Gasteiger partial charge in [0.15, 0.2) is 0 Å². The van der Waals surface area contributed by atoms with Crippen LogP contribution in [0.15, 0.2) is 10.3 Å². The lowest BCUT2D eigenvalue weighted by molar-refractivity contribution is 0.332. The summed E-state index contributed by atoms with van der Waals surface area (Å²) < 4.78 is 28.3. The number of aryl methyl sites for hydroxylation is 1. The zero-order chi connectivity index (χ0) is 15.5. The summed E-state index contributed by atoms with van der Waals surface area (Å²) in [5.74, 6) is 0.724. The Bertz CT molecular complexity index is 558. The molecular formula is C15H26N2O2S2. The van der Waals surface area contributed by atoms with E-state index in [1.165, 1.54) is 11.3 Å². The van der Waals surface area contributed by atoms with E-state index in [0.717, 1.165) is 55.1 Å². The van der Waals surface area contributed by atoms with Gasteiger partial charge in [0.05, 0.1) is 0 Å². The Hall–Kier alpha value is -0.430. The molecule has 4 nitrogen and oxygen atoms in total. The monoisotopic (exact) mass is 330 g/mol. The van der Waals surface area contributed by atoms with Gasteiger partial charge in [-0.05, 0) is 56.7 Å². The van der Waals surface area contributed by atoms with Gasteiger partial charge in [0, 0.05) is 17.5 Å². The van der Waals surface area contributed by atoms with Crippen molar-refractivity contribution in [2.75, 3.05) is 6.54 Å². The minimum Gasteiger partial charge on any atom is -0.312 e. The van der Waals surface area contributed by atoms with Crippen LogP contribution in [0, 0.1) is 12.8 Å². The first-order chi connectivity index (χ1) is 9.92. The van der Waals surface area contributed by atoms with Crippen LogP contribution in [0.2, 0.25) is 0 Å².